The molecular formula is C6H4N4O2. The third-order valence-corrected chi connectivity index (χ3v) is 1.42. The van der Waals surface area contributed by atoms with E-state index in [-0.39, 0.29) is 5.56 Å². The third-order valence-electron chi connectivity index (χ3n) is 1.42. The van der Waals surface area contributed by atoms with E-state index in [1.54, 1.807) is 0 Å². The number of nitrogens with zero attached hydrogens (tertiary/aromatic N) is 3. The van der Waals surface area contributed by atoms with E-state index in [2.05, 4.69) is 20.4 Å². The van der Waals surface area contributed by atoms with E-state index in [9.17, 15) is 4.79 Å². The Morgan fingerprint density at radius 2 is 2.33 bits per heavy atom. The molecule has 2 aromatic heterocycles. The highest BCUT2D eigenvalue weighted by Crippen LogP contribution is 2.06. The molecule has 2 aromatic rings. The number of H-pyrrole nitrogens is 1. The number of hydrogen-bond acceptors (Lipinski definition) is 4. The Morgan fingerprint density at radius 1 is 1.50 bits per heavy atom. The largest absolute Gasteiger partial charge is 0.478 e. The van der Waals surface area contributed by atoms with Gasteiger partial charge < -0.3 is 5.11 Å². The predicted molar refractivity (Wildman–Crippen MR) is 38.6 cm³/mol. The van der Waals surface area contributed by atoms with Gasteiger partial charge in [0.1, 0.15) is 5.52 Å². The summed E-state index contributed by atoms with van der Waals surface area (Å²) in [5.74, 6) is -1.02. The molecule has 0 aromatic carbocycles. The van der Waals surface area contributed by atoms with Crippen LogP contribution < -0.4 is 0 Å². The number of pyridine rings is 1. The minimum absolute atomic E-state index is 0.108. The number of aromatic carboxylic acids is 1. The van der Waals surface area contributed by atoms with E-state index < -0.39 is 5.97 Å². The highest BCUT2D eigenvalue weighted by atomic mass is 16.4. The van der Waals surface area contributed by atoms with Gasteiger partial charge >= 0.3 is 5.97 Å². The summed E-state index contributed by atoms with van der Waals surface area (Å²) in [5, 5.41) is 18.3. The standard InChI is InChI=1S/C6H4N4O2/c11-6(12)3-1-4-5(7-2-3)9-10-8-4/h1-2H,(H,11,12)(H,7,8,9,10). The second-order valence-electron chi connectivity index (χ2n) is 2.20. The Kier molecular flexibility index (Phi) is 1.26. The molecule has 2 rings (SSSR count). The van der Waals surface area contributed by atoms with Crippen molar-refractivity contribution in [3.8, 4) is 0 Å². The zero-order valence-corrected chi connectivity index (χ0v) is 5.85. The van der Waals surface area contributed by atoms with Crippen LogP contribution in [0.5, 0.6) is 0 Å². The minimum Gasteiger partial charge on any atom is -0.478 e. The van der Waals surface area contributed by atoms with Crippen molar-refractivity contribution < 1.29 is 9.90 Å². The van der Waals surface area contributed by atoms with Crippen LogP contribution in [0.15, 0.2) is 12.3 Å². The van der Waals surface area contributed by atoms with E-state index in [4.69, 9.17) is 5.11 Å². The summed E-state index contributed by atoms with van der Waals surface area (Å²) in [6, 6.07) is 1.41. The first kappa shape index (κ1) is 6.71. The SMILES string of the molecule is O=C(O)c1cnc2n[nH]nc2c1. The van der Waals surface area contributed by atoms with Crippen LogP contribution in [0.2, 0.25) is 0 Å². The van der Waals surface area contributed by atoms with Gasteiger partial charge in [-0.1, -0.05) is 0 Å². The van der Waals surface area contributed by atoms with Gasteiger partial charge in [-0.15, -0.1) is 5.10 Å². The van der Waals surface area contributed by atoms with Crippen LogP contribution in [0.3, 0.4) is 0 Å². The number of nitrogens with one attached hydrogen (secondary N) is 1. The van der Waals surface area contributed by atoms with Crippen molar-refractivity contribution in [1.82, 2.24) is 20.4 Å². The van der Waals surface area contributed by atoms with Gasteiger partial charge in [-0.05, 0) is 6.07 Å². The van der Waals surface area contributed by atoms with Gasteiger partial charge in [-0.25, -0.2) is 9.78 Å². The molecule has 0 aliphatic heterocycles. The summed E-state index contributed by atoms with van der Waals surface area (Å²) in [6.45, 7) is 0. The second kappa shape index (κ2) is 2.26. The first-order chi connectivity index (χ1) is 5.77. The second-order valence-corrected chi connectivity index (χ2v) is 2.20. The van der Waals surface area contributed by atoms with Crippen LogP contribution in [0.25, 0.3) is 11.2 Å². The molecule has 0 aliphatic carbocycles. The maximum absolute atomic E-state index is 10.5. The molecule has 0 saturated carbocycles. The zero-order chi connectivity index (χ0) is 8.55. The average molecular weight is 164 g/mol. The molecule has 60 valence electrons. The van der Waals surface area contributed by atoms with Crippen LogP contribution in [-0.2, 0) is 0 Å². The molecule has 0 atom stereocenters. The zero-order valence-electron chi connectivity index (χ0n) is 5.85. The lowest BCUT2D eigenvalue weighted by atomic mass is 10.3. The summed E-state index contributed by atoms with van der Waals surface area (Å²) in [7, 11) is 0. The Balaban J connectivity index is 2.68. The maximum atomic E-state index is 10.5. The fourth-order valence-corrected chi connectivity index (χ4v) is 0.858. The number of fused-ring (bicyclic) bond motifs is 1. The molecule has 0 aliphatic rings. The van der Waals surface area contributed by atoms with Crippen LogP contribution in [-0.4, -0.2) is 31.5 Å². The minimum atomic E-state index is -1.02. The Labute approximate surface area is 66.2 Å². The first-order valence-corrected chi connectivity index (χ1v) is 3.17. The molecule has 2 N–H and O–H groups in total. The van der Waals surface area contributed by atoms with Gasteiger partial charge in [0, 0.05) is 6.20 Å². The van der Waals surface area contributed by atoms with E-state index in [0.29, 0.717) is 11.2 Å². The summed E-state index contributed by atoms with van der Waals surface area (Å²) < 4.78 is 0. The topological polar surface area (TPSA) is 91.8 Å². The number of aromatic amines is 1. The summed E-state index contributed by atoms with van der Waals surface area (Å²) in [6.07, 6.45) is 1.24. The summed E-state index contributed by atoms with van der Waals surface area (Å²) in [5.41, 5.74) is 0.978. The van der Waals surface area contributed by atoms with Crippen LogP contribution in [0, 0.1) is 0 Å². The molecule has 0 unspecified atom stereocenters. The third kappa shape index (κ3) is 0.895. The van der Waals surface area contributed by atoms with Crippen molar-refractivity contribution in [2.75, 3.05) is 0 Å². The molecule has 0 bridgehead atoms. The maximum Gasteiger partial charge on any atom is 0.337 e. The van der Waals surface area contributed by atoms with E-state index >= 15 is 0 Å². The Bertz CT molecular complexity index is 436. The van der Waals surface area contributed by atoms with Gasteiger partial charge in [0.25, 0.3) is 0 Å². The van der Waals surface area contributed by atoms with Gasteiger partial charge in [0.2, 0.25) is 5.65 Å². The molecule has 2 heterocycles. The van der Waals surface area contributed by atoms with E-state index in [0.717, 1.165) is 0 Å². The molecule has 6 heteroatoms. The number of rotatable bonds is 1. The highest BCUT2D eigenvalue weighted by Gasteiger charge is 2.05. The molecule has 0 spiro atoms. The lowest BCUT2D eigenvalue weighted by Crippen LogP contribution is -1.96. The molecule has 0 fully saturated rings. The average Bonchev–Trinajstić information content (AvgIpc) is 2.49. The Hall–Kier alpha value is -1.98. The number of carboxylic acid groups (broad SMARTS) is 1. The number of carbonyl (C=O) groups is 1. The lowest BCUT2D eigenvalue weighted by Gasteiger charge is -1.89. The van der Waals surface area contributed by atoms with E-state index in [1.165, 1.54) is 12.3 Å². The molecule has 0 amide bonds. The van der Waals surface area contributed by atoms with Crippen molar-refractivity contribution in [2.24, 2.45) is 0 Å². The van der Waals surface area contributed by atoms with E-state index in [1.807, 2.05) is 0 Å². The summed E-state index contributed by atoms with van der Waals surface area (Å²) >= 11 is 0. The molecule has 0 radical (unpaired) electrons. The van der Waals surface area contributed by atoms with Gasteiger partial charge in [-0.3, -0.25) is 0 Å². The smallest absolute Gasteiger partial charge is 0.337 e. The predicted octanol–water partition coefficient (Wildman–Crippen LogP) is 0.0511. The van der Waals surface area contributed by atoms with Crippen LogP contribution in [0.4, 0.5) is 0 Å². The van der Waals surface area contributed by atoms with Crippen molar-refractivity contribution in [3.05, 3.63) is 17.8 Å². The lowest BCUT2D eigenvalue weighted by molar-refractivity contribution is 0.0696. The van der Waals surface area contributed by atoms with Crippen LogP contribution >= 0.6 is 0 Å². The normalized spacial score (nSPS) is 10.3. The van der Waals surface area contributed by atoms with Crippen molar-refractivity contribution in [2.45, 2.75) is 0 Å². The van der Waals surface area contributed by atoms with Gasteiger partial charge in [-0.2, -0.15) is 10.3 Å². The van der Waals surface area contributed by atoms with Crippen molar-refractivity contribution in [3.63, 3.8) is 0 Å². The van der Waals surface area contributed by atoms with Gasteiger partial charge in [0.05, 0.1) is 5.56 Å². The number of hydrogen-bond donors (Lipinski definition) is 2. The molecule has 6 nitrogen and oxygen atoms in total. The number of carboxylic acids is 1. The molecule has 0 saturated heterocycles. The Morgan fingerprint density at radius 3 is 3.08 bits per heavy atom. The van der Waals surface area contributed by atoms with Crippen LogP contribution in [0.1, 0.15) is 10.4 Å². The van der Waals surface area contributed by atoms with Crippen molar-refractivity contribution >= 4 is 17.1 Å². The van der Waals surface area contributed by atoms with Gasteiger partial charge in [0.15, 0.2) is 0 Å². The van der Waals surface area contributed by atoms with Crippen molar-refractivity contribution in [1.29, 1.82) is 0 Å². The fourth-order valence-electron chi connectivity index (χ4n) is 0.858. The fraction of sp³-hybridized carbons (Fsp3) is 0. The highest BCUT2D eigenvalue weighted by molar-refractivity contribution is 5.90. The number of aromatic nitrogens is 4. The first-order valence-electron chi connectivity index (χ1n) is 3.17. The molecular weight excluding hydrogens is 160 g/mol. The monoisotopic (exact) mass is 164 g/mol. The summed E-state index contributed by atoms with van der Waals surface area (Å²) in [4.78, 5) is 14.2. The molecule has 12 heavy (non-hydrogen) atoms. The quantitative estimate of drug-likeness (QED) is 0.621.